The molecule has 0 aromatic heterocycles. The van der Waals surface area contributed by atoms with E-state index < -0.39 is 11.5 Å². The minimum Gasteiger partial charge on any atom is -0.384 e. The molecule has 0 spiro atoms. The number of hydrogen-bond acceptors (Lipinski definition) is 4. The number of nitrogens with one attached hydrogen (secondary N) is 3. The Balaban J connectivity index is 2.64. The summed E-state index contributed by atoms with van der Waals surface area (Å²) < 4.78 is 5.21. The van der Waals surface area contributed by atoms with Crippen molar-refractivity contribution in [3.63, 3.8) is 0 Å². The second kappa shape index (κ2) is 7.45. The zero-order chi connectivity index (χ0) is 14.3. The van der Waals surface area contributed by atoms with Crippen molar-refractivity contribution >= 4 is 11.8 Å². The fourth-order valence-electron chi connectivity index (χ4n) is 2.36. The zero-order valence-corrected chi connectivity index (χ0v) is 12.0. The second-order valence-electron chi connectivity index (χ2n) is 5.05. The Morgan fingerprint density at radius 3 is 2.53 bits per heavy atom. The minimum absolute atomic E-state index is 0.0883. The predicted molar refractivity (Wildman–Crippen MR) is 72.7 cm³/mol. The van der Waals surface area contributed by atoms with Crippen molar-refractivity contribution in [3.8, 4) is 0 Å². The van der Waals surface area contributed by atoms with E-state index in [4.69, 9.17) is 4.74 Å². The molecular formula is C13H25N3O3. The minimum atomic E-state index is -0.518. The smallest absolute Gasteiger partial charge is 0.242 e. The Morgan fingerprint density at radius 2 is 2.00 bits per heavy atom. The van der Waals surface area contributed by atoms with Gasteiger partial charge in [0, 0.05) is 13.7 Å². The van der Waals surface area contributed by atoms with E-state index in [2.05, 4.69) is 16.0 Å². The van der Waals surface area contributed by atoms with Gasteiger partial charge in [0.2, 0.25) is 11.8 Å². The van der Waals surface area contributed by atoms with Crippen LogP contribution in [-0.4, -0.2) is 51.2 Å². The number of ether oxygens (including phenoxy) is 1. The topological polar surface area (TPSA) is 79.5 Å². The van der Waals surface area contributed by atoms with Crippen LogP contribution < -0.4 is 16.0 Å². The Kier molecular flexibility index (Phi) is 6.24. The molecule has 1 rings (SSSR count). The maximum atomic E-state index is 12.4. The van der Waals surface area contributed by atoms with Crippen LogP contribution in [0.25, 0.3) is 0 Å². The lowest BCUT2D eigenvalue weighted by Gasteiger charge is -2.36. The Bertz CT molecular complexity index is 309. The third-order valence-corrected chi connectivity index (χ3v) is 3.55. The van der Waals surface area contributed by atoms with Crippen LogP contribution in [0, 0.1) is 5.41 Å². The van der Waals surface area contributed by atoms with Gasteiger partial charge in [-0.2, -0.15) is 0 Å². The van der Waals surface area contributed by atoms with Crippen LogP contribution >= 0.6 is 0 Å². The van der Waals surface area contributed by atoms with Gasteiger partial charge in [0.15, 0.2) is 0 Å². The number of hydrogen-bond donors (Lipinski definition) is 3. The summed E-state index contributed by atoms with van der Waals surface area (Å²) in [7, 11) is 1.60. The molecule has 0 aliphatic carbocycles. The first-order chi connectivity index (χ1) is 9.05. The van der Waals surface area contributed by atoms with Gasteiger partial charge in [-0.25, -0.2) is 0 Å². The molecule has 0 aromatic carbocycles. The van der Waals surface area contributed by atoms with E-state index in [-0.39, 0.29) is 11.8 Å². The first-order valence-corrected chi connectivity index (χ1v) is 6.84. The highest BCUT2D eigenvalue weighted by Crippen LogP contribution is 2.29. The van der Waals surface area contributed by atoms with Crippen molar-refractivity contribution < 1.29 is 14.3 Å². The van der Waals surface area contributed by atoms with Gasteiger partial charge in [0.05, 0.1) is 12.0 Å². The quantitative estimate of drug-likeness (QED) is 0.616. The summed E-state index contributed by atoms with van der Waals surface area (Å²) in [4.78, 5) is 24.1. The molecule has 1 aliphatic heterocycles. The van der Waals surface area contributed by atoms with Crippen LogP contribution in [0.1, 0.15) is 26.7 Å². The van der Waals surface area contributed by atoms with Gasteiger partial charge in [0.25, 0.3) is 0 Å². The molecule has 0 saturated carbocycles. The fraction of sp³-hybridized carbons (Fsp3) is 0.846. The number of likely N-dealkylation sites (N-methyl/N-ethyl adjacent to an activating group) is 1. The number of rotatable bonds is 6. The highest BCUT2D eigenvalue weighted by Gasteiger charge is 2.40. The molecule has 0 aromatic rings. The zero-order valence-electron chi connectivity index (χ0n) is 12.0. The molecule has 3 N–H and O–H groups in total. The van der Waals surface area contributed by atoms with Crippen LogP contribution in [0.15, 0.2) is 0 Å². The van der Waals surface area contributed by atoms with Gasteiger partial charge in [-0.1, -0.05) is 0 Å². The van der Waals surface area contributed by atoms with E-state index in [0.29, 0.717) is 13.2 Å². The molecular weight excluding hydrogens is 246 g/mol. The van der Waals surface area contributed by atoms with Gasteiger partial charge in [-0.05, 0) is 39.8 Å². The van der Waals surface area contributed by atoms with Crippen molar-refractivity contribution in [1.82, 2.24) is 16.0 Å². The van der Waals surface area contributed by atoms with E-state index in [1.165, 1.54) is 0 Å². The molecule has 1 heterocycles. The van der Waals surface area contributed by atoms with Crippen LogP contribution in [0.5, 0.6) is 0 Å². The average molecular weight is 271 g/mol. The third-order valence-electron chi connectivity index (χ3n) is 3.55. The Morgan fingerprint density at radius 1 is 1.37 bits per heavy atom. The molecule has 1 aliphatic rings. The average Bonchev–Trinajstić information content (AvgIpc) is 2.40. The van der Waals surface area contributed by atoms with Crippen molar-refractivity contribution in [2.45, 2.75) is 32.7 Å². The molecule has 2 amide bonds. The third kappa shape index (κ3) is 4.18. The van der Waals surface area contributed by atoms with Crippen molar-refractivity contribution in [3.05, 3.63) is 0 Å². The lowest BCUT2D eigenvalue weighted by atomic mass is 9.78. The number of carbonyl (C=O) groups excluding carboxylic acids is 2. The Hall–Kier alpha value is -1.14. The number of carbonyl (C=O) groups is 2. The first-order valence-electron chi connectivity index (χ1n) is 6.84. The summed E-state index contributed by atoms with van der Waals surface area (Å²) in [5.74, 6) is -0.244. The molecule has 6 heteroatoms. The molecule has 1 fully saturated rings. The number of amides is 2. The van der Waals surface area contributed by atoms with Gasteiger partial charge >= 0.3 is 0 Å². The maximum Gasteiger partial charge on any atom is 0.242 e. The van der Waals surface area contributed by atoms with Gasteiger partial charge in [-0.15, -0.1) is 0 Å². The maximum absolute atomic E-state index is 12.4. The molecule has 1 unspecified atom stereocenters. The van der Waals surface area contributed by atoms with E-state index in [1.807, 2.05) is 6.92 Å². The standard InChI is InChI=1S/C13H25N3O3/c1-4-15-11(17)10(2)16-12(18)13(9-19-3)5-7-14-8-6-13/h10,14H,4-9H2,1-3H3,(H,15,17)(H,16,18). The Labute approximate surface area is 114 Å². The van der Waals surface area contributed by atoms with Gasteiger partial charge < -0.3 is 20.7 Å². The predicted octanol–water partition coefficient (Wildman–Crippen LogP) is -0.357. The van der Waals surface area contributed by atoms with Crippen LogP contribution in [0.3, 0.4) is 0 Å². The van der Waals surface area contributed by atoms with Gasteiger partial charge in [-0.3, -0.25) is 9.59 Å². The largest absolute Gasteiger partial charge is 0.384 e. The molecule has 19 heavy (non-hydrogen) atoms. The lowest BCUT2D eigenvalue weighted by molar-refractivity contribution is -0.139. The number of methoxy groups -OCH3 is 1. The van der Waals surface area contributed by atoms with Crippen LogP contribution in [0.2, 0.25) is 0 Å². The molecule has 6 nitrogen and oxygen atoms in total. The fourth-order valence-corrected chi connectivity index (χ4v) is 2.36. The van der Waals surface area contributed by atoms with Crippen LogP contribution in [0.4, 0.5) is 0 Å². The lowest BCUT2D eigenvalue weighted by Crippen LogP contribution is -2.54. The monoisotopic (exact) mass is 271 g/mol. The van der Waals surface area contributed by atoms with Crippen molar-refractivity contribution in [2.24, 2.45) is 5.41 Å². The molecule has 0 radical (unpaired) electrons. The summed E-state index contributed by atoms with van der Waals surface area (Å²) in [6.45, 7) is 6.10. The summed E-state index contributed by atoms with van der Waals surface area (Å²) in [6, 6.07) is -0.518. The summed E-state index contributed by atoms with van der Waals surface area (Å²) >= 11 is 0. The summed E-state index contributed by atoms with van der Waals surface area (Å²) in [5.41, 5.74) is -0.513. The van der Waals surface area contributed by atoms with E-state index in [0.717, 1.165) is 25.9 Å². The van der Waals surface area contributed by atoms with E-state index >= 15 is 0 Å². The molecule has 1 saturated heterocycles. The normalized spacial score (nSPS) is 19.5. The SMILES string of the molecule is CCNC(=O)C(C)NC(=O)C1(COC)CCNCC1. The highest BCUT2D eigenvalue weighted by molar-refractivity contribution is 5.90. The van der Waals surface area contributed by atoms with Crippen molar-refractivity contribution in [2.75, 3.05) is 33.4 Å². The summed E-state index contributed by atoms with van der Waals surface area (Å²) in [5, 5.41) is 8.74. The van der Waals surface area contributed by atoms with Crippen molar-refractivity contribution in [1.29, 1.82) is 0 Å². The van der Waals surface area contributed by atoms with E-state index in [1.54, 1.807) is 14.0 Å². The van der Waals surface area contributed by atoms with E-state index in [9.17, 15) is 9.59 Å². The number of piperidine rings is 1. The molecule has 0 bridgehead atoms. The molecule has 110 valence electrons. The summed E-state index contributed by atoms with van der Waals surface area (Å²) in [6.07, 6.45) is 1.46. The first kappa shape index (κ1) is 15.9. The highest BCUT2D eigenvalue weighted by atomic mass is 16.5. The second-order valence-corrected chi connectivity index (χ2v) is 5.05. The van der Waals surface area contributed by atoms with Gasteiger partial charge in [0.1, 0.15) is 6.04 Å². The van der Waals surface area contributed by atoms with Crippen LogP contribution in [-0.2, 0) is 14.3 Å². The molecule has 1 atom stereocenters.